The molecule has 0 aromatic rings. The predicted molar refractivity (Wildman–Crippen MR) is 264 cm³/mol. The minimum Gasteiger partial charge on any atom is -0.466 e. The zero-order valence-electron chi connectivity index (χ0n) is 41.4. The molecule has 0 aromatic heterocycles. The molecule has 0 radical (unpaired) electrons. The zero-order valence-corrected chi connectivity index (χ0v) is 41.4. The van der Waals surface area contributed by atoms with E-state index in [1.165, 1.54) is 283 Å². The quantitative estimate of drug-likeness (QED) is 0.0452. The summed E-state index contributed by atoms with van der Waals surface area (Å²) in [7, 11) is 0. The maximum atomic E-state index is 12.0. The molecule has 4 heteroatoms. The Hall–Kier alpha value is -1.06. The van der Waals surface area contributed by atoms with E-state index in [2.05, 4.69) is 13.8 Å². The van der Waals surface area contributed by atoms with Gasteiger partial charge in [-0.2, -0.15) is 0 Å². The van der Waals surface area contributed by atoms with Crippen LogP contribution in [0.25, 0.3) is 0 Å². The van der Waals surface area contributed by atoms with E-state index in [0.29, 0.717) is 26.1 Å². The number of carbonyl (C=O) groups is 2. The maximum absolute atomic E-state index is 12.0. The lowest BCUT2D eigenvalue weighted by Gasteiger charge is -2.06. The number of carbonyl (C=O) groups excluding carboxylic acids is 2. The van der Waals surface area contributed by atoms with Crippen molar-refractivity contribution in [2.75, 3.05) is 13.2 Å². The van der Waals surface area contributed by atoms with Gasteiger partial charge in [0.15, 0.2) is 0 Å². The van der Waals surface area contributed by atoms with E-state index in [0.717, 1.165) is 25.7 Å². The summed E-state index contributed by atoms with van der Waals surface area (Å²) in [4.78, 5) is 24.1. The molecule has 0 aliphatic rings. The highest BCUT2D eigenvalue weighted by molar-refractivity contribution is 5.69. The van der Waals surface area contributed by atoms with Crippen molar-refractivity contribution in [3.05, 3.63) is 0 Å². The minimum atomic E-state index is 0.0190. The molecule has 0 fully saturated rings. The fraction of sp³-hybridized carbons (Fsp3) is 0.964. The van der Waals surface area contributed by atoms with Crippen molar-refractivity contribution >= 4 is 11.9 Å². The second-order valence-electron chi connectivity index (χ2n) is 19.2. The molecule has 4 nitrogen and oxygen atoms in total. The first-order valence-corrected chi connectivity index (χ1v) is 28.0. The lowest BCUT2D eigenvalue weighted by atomic mass is 10.0. The average molecular weight is 847 g/mol. The number of esters is 2. The first kappa shape index (κ1) is 58.9. The van der Waals surface area contributed by atoms with Crippen molar-refractivity contribution in [3.8, 4) is 0 Å². The monoisotopic (exact) mass is 847 g/mol. The van der Waals surface area contributed by atoms with Gasteiger partial charge in [-0.25, -0.2) is 0 Å². The van der Waals surface area contributed by atoms with E-state index in [-0.39, 0.29) is 11.9 Å². The fourth-order valence-electron chi connectivity index (χ4n) is 8.83. The molecular formula is C56H110O4. The van der Waals surface area contributed by atoms with Crippen LogP contribution in [-0.2, 0) is 19.1 Å². The minimum absolute atomic E-state index is 0.0190. The Balaban J connectivity index is 3.19. The molecule has 0 N–H and O–H groups in total. The third-order valence-corrected chi connectivity index (χ3v) is 13.0. The number of unbranched alkanes of at least 4 members (excludes halogenated alkanes) is 45. The largest absolute Gasteiger partial charge is 0.466 e. The van der Waals surface area contributed by atoms with Gasteiger partial charge in [0.25, 0.3) is 0 Å². The number of ether oxygens (including phenoxy) is 2. The van der Waals surface area contributed by atoms with E-state index >= 15 is 0 Å². The van der Waals surface area contributed by atoms with Crippen LogP contribution in [0.5, 0.6) is 0 Å². The summed E-state index contributed by atoms with van der Waals surface area (Å²) >= 11 is 0. The van der Waals surface area contributed by atoms with Gasteiger partial charge in [-0.15, -0.1) is 0 Å². The van der Waals surface area contributed by atoms with Gasteiger partial charge in [0.2, 0.25) is 0 Å². The van der Waals surface area contributed by atoms with E-state index in [9.17, 15) is 9.59 Å². The van der Waals surface area contributed by atoms with Crippen LogP contribution in [0.3, 0.4) is 0 Å². The first-order valence-electron chi connectivity index (χ1n) is 28.0. The summed E-state index contributed by atoms with van der Waals surface area (Å²) < 4.78 is 11.0. The summed E-state index contributed by atoms with van der Waals surface area (Å²) in [6.07, 6.45) is 65.4. The molecule has 0 aliphatic carbocycles. The lowest BCUT2D eigenvalue weighted by Crippen LogP contribution is -2.05. The highest BCUT2D eigenvalue weighted by Gasteiger charge is 2.05. The van der Waals surface area contributed by atoms with Crippen LogP contribution in [-0.4, -0.2) is 25.2 Å². The average Bonchev–Trinajstić information content (AvgIpc) is 3.25. The van der Waals surface area contributed by atoms with E-state index in [1.54, 1.807) is 0 Å². The molecule has 0 bridgehead atoms. The molecule has 0 atom stereocenters. The third kappa shape index (κ3) is 53.1. The van der Waals surface area contributed by atoms with E-state index < -0.39 is 0 Å². The molecular weight excluding hydrogens is 737 g/mol. The van der Waals surface area contributed by atoms with Crippen molar-refractivity contribution in [1.29, 1.82) is 0 Å². The van der Waals surface area contributed by atoms with Gasteiger partial charge in [0.1, 0.15) is 0 Å². The maximum Gasteiger partial charge on any atom is 0.305 e. The molecule has 0 heterocycles. The van der Waals surface area contributed by atoms with Crippen LogP contribution in [0.4, 0.5) is 0 Å². The highest BCUT2D eigenvalue weighted by atomic mass is 16.5. The Morgan fingerprint density at radius 2 is 0.367 bits per heavy atom. The summed E-state index contributed by atoms with van der Waals surface area (Å²) in [6, 6.07) is 0. The summed E-state index contributed by atoms with van der Waals surface area (Å²) in [5.74, 6) is 0.0380. The van der Waals surface area contributed by atoms with Crippen molar-refractivity contribution < 1.29 is 19.1 Å². The Morgan fingerprint density at radius 1 is 0.217 bits per heavy atom. The van der Waals surface area contributed by atoms with Gasteiger partial charge in [-0.1, -0.05) is 296 Å². The Morgan fingerprint density at radius 3 is 0.550 bits per heavy atom. The molecule has 0 amide bonds. The van der Waals surface area contributed by atoms with Crippen LogP contribution in [0.15, 0.2) is 0 Å². The van der Waals surface area contributed by atoms with Crippen molar-refractivity contribution in [2.45, 2.75) is 335 Å². The molecule has 358 valence electrons. The number of rotatable bonds is 53. The smallest absolute Gasteiger partial charge is 0.305 e. The molecule has 0 aromatic carbocycles. The summed E-state index contributed by atoms with van der Waals surface area (Å²) in [5, 5.41) is 0. The zero-order chi connectivity index (χ0) is 43.3. The number of hydrogen-bond acceptors (Lipinski definition) is 4. The van der Waals surface area contributed by atoms with Crippen LogP contribution in [0, 0.1) is 0 Å². The van der Waals surface area contributed by atoms with E-state index in [4.69, 9.17) is 9.47 Å². The predicted octanol–water partition coefficient (Wildman–Crippen LogP) is 19.6. The van der Waals surface area contributed by atoms with E-state index in [1.807, 2.05) is 0 Å². The lowest BCUT2D eigenvalue weighted by molar-refractivity contribution is -0.144. The van der Waals surface area contributed by atoms with Crippen LogP contribution in [0.2, 0.25) is 0 Å². The van der Waals surface area contributed by atoms with Crippen molar-refractivity contribution in [3.63, 3.8) is 0 Å². The Bertz CT molecular complexity index is 745. The summed E-state index contributed by atoms with van der Waals surface area (Å²) in [5.41, 5.74) is 0. The van der Waals surface area contributed by atoms with Gasteiger partial charge in [-0.3, -0.25) is 9.59 Å². The van der Waals surface area contributed by atoms with Crippen molar-refractivity contribution in [2.24, 2.45) is 0 Å². The third-order valence-electron chi connectivity index (χ3n) is 13.0. The van der Waals surface area contributed by atoms with Gasteiger partial charge in [-0.05, 0) is 25.7 Å². The van der Waals surface area contributed by atoms with Crippen molar-refractivity contribution in [1.82, 2.24) is 0 Å². The Kier molecular flexibility index (Phi) is 53.1. The van der Waals surface area contributed by atoms with Crippen LogP contribution < -0.4 is 0 Å². The topological polar surface area (TPSA) is 52.6 Å². The van der Waals surface area contributed by atoms with Gasteiger partial charge >= 0.3 is 11.9 Å². The fourth-order valence-corrected chi connectivity index (χ4v) is 8.83. The van der Waals surface area contributed by atoms with Gasteiger partial charge in [0.05, 0.1) is 13.2 Å². The molecule has 0 rings (SSSR count). The van der Waals surface area contributed by atoms with Crippen LogP contribution >= 0.6 is 0 Å². The first-order chi connectivity index (χ1) is 29.7. The number of hydrogen-bond donors (Lipinski definition) is 0. The molecule has 60 heavy (non-hydrogen) atoms. The molecule has 0 unspecified atom stereocenters. The van der Waals surface area contributed by atoms with Gasteiger partial charge < -0.3 is 9.47 Å². The standard InChI is InChI=1S/C56H110O4/c1-3-5-7-9-11-13-15-17-19-23-27-31-35-39-43-47-51-55(57)59-53-49-45-41-37-33-29-25-21-22-26-30-34-38-42-46-50-54-60-56(58)52-48-44-40-36-32-28-24-20-18-16-14-12-10-8-6-4-2/h3-54H2,1-2H3. The second-order valence-corrected chi connectivity index (χ2v) is 19.2. The molecule has 0 spiro atoms. The Labute approximate surface area is 377 Å². The van der Waals surface area contributed by atoms with Crippen LogP contribution in [0.1, 0.15) is 335 Å². The molecule has 0 aliphatic heterocycles. The second kappa shape index (κ2) is 54.1. The highest BCUT2D eigenvalue weighted by Crippen LogP contribution is 2.17. The SMILES string of the molecule is CCCCCCCCCCCCCCCCCCC(=O)OCCCCCCCCCCCCCCCCCCOC(=O)CCCCCCCCCCCCCCCCCC. The molecule has 0 saturated heterocycles. The molecule has 0 saturated carbocycles. The summed E-state index contributed by atoms with van der Waals surface area (Å²) in [6.45, 7) is 5.82. The normalized spacial score (nSPS) is 11.4. The van der Waals surface area contributed by atoms with Gasteiger partial charge in [0, 0.05) is 12.8 Å².